The van der Waals surface area contributed by atoms with Gasteiger partial charge in [0.2, 0.25) is 15.9 Å². The molecule has 4 N–H and O–H groups in total. The summed E-state index contributed by atoms with van der Waals surface area (Å²) in [5.41, 5.74) is 1.43. The van der Waals surface area contributed by atoms with Crippen LogP contribution >= 0.6 is 0 Å². The van der Waals surface area contributed by atoms with Gasteiger partial charge in [-0.15, -0.1) is 0 Å². The van der Waals surface area contributed by atoms with Crippen LogP contribution in [-0.4, -0.2) is 26.8 Å². The van der Waals surface area contributed by atoms with Crippen molar-refractivity contribution in [3.05, 3.63) is 65.7 Å². The van der Waals surface area contributed by atoms with E-state index in [-0.39, 0.29) is 16.7 Å². The number of rotatable bonds is 10. The minimum absolute atomic E-state index is 0.0435. The number of sulfonamides is 1. The van der Waals surface area contributed by atoms with Gasteiger partial charge in [-0.25, -0.2) is 13.6 Å². The molecule has 7 nitrogen and oxygen atoms in total. The van der Waals surface area contributed by atoms with Crippen molar-refractivity contribution < 1.29 is 18.0 Å². The molecule has 0 bridgehead atoms. The van der Waals surface area contributed by atoms with Crippen molar-refractivity contribution in [3.63, 3.8) is 0 Å². The first-order valence-electron chi connectivity index (χ1n) is 9.08. The lowest BCUT2D eigenvalue weighted by Gasteiger charge is -2.07. The molecule has 0 radical (unpaired) electrons. The summed E-state index contributed by atoms with van der Waals surface area (Å²) in [6, 6.07) is 15.1. The molecule has 0 saturated carbocycles. The number of hydrogen-bond donors (Lipinski definition) is 3. The van der Waals surface area contributed by atoms with Crippen LogP contribution in [0.1, 0.15) is 41.6 Å². The van der Waals surface area contributed by atoms with E-state index in [0.29, 0.717) is 25.1 Å². The third-order valence-corrected chi connectivity index (χ3v) is 5.07. The zero-order valence-electron chi connectivity index (χ0n) is 15.6. The fraction of sp³-hybridized carbons (Fsp3) is 0.300. The maximum Gasteiger partial charge on any atom is 0.251 e. The first kappa shape index (κ1) is 21.6. The van der Waals surface area contributed by atoms with Crippen molar-refractivity contribution in [2.45, 2.75) is 37.1 Å². The molecule has 0 fully saturated rings. The fourth-order valence-electron chi connectivity index (χ4n) is 2.57. The Morgan fingerprint density at radius 1 is 0.857 bits per heavy atom. The molecule has 0 unspecified atom stereocenters. The van der Waals surface area contributed by atoms with Crippen LogP contribution in [0.2, 0.25) is 0 Å². The molecule has 0 spiro atoms. The Morgan fingerprint density at radius 2 is 1.54 bits per heavy atom. The fourth-order valence-corrected chi connectivity index (χ4v) is 3.08. The van der Waals surface area contributed by atoms with Crippen molar-refractivity contribution in [1.29, 1.82) is 0 Å². The second-order valence-corrected chi connectivity index (χ2v) is 7.96. The molecule has 8 heteroatoms. The van der Waals surface area contributed by atoms with Gasteiger partial charge in [-0.2, -0.15) is 0 Å². The highest BCUT2D eigenvalue weighted by Crippen LogP contribution is 2.09. The number of nitrogens with one attached hydrogen (secondary N) is 2. The van der Waals surface area contributed by atoms with E-state index in [1.807, 2.05) is 18.2 Å². The van der Waals surface area contributed by atoms with Crippen molar-refractivity contribution in [2.24, 2.45) is 5.14 Å². The van der Waals surface area contributed by atoms with Gasteiger partial charge in [0.15, 0.2) is 0 Å². The highest BCUT2D eigenvalue weighted by atomic mass is 32.2. The Morgan fingerprint density at radius 3 is 2.18 bits per heavy atom. The molecule has 150 valence electrons. The monoisotopic (exact) mass is 403 g/mol. The smallest absolute Gasteiger partial charge is 0.251 e. The minimum Gasteiger partial charge on any atom is -0.352 e. The highest BCUT2D eigenvalue weighted by molar-refractivity contribution is 7.89. The summed E-state index contributed by atoms with van der Waals surface area (Å²) in [7, 11) is -3.71. The van der Waals surface area contributed by atoms with Crippen LogP contribution in [0, 0.1) is 0 Å². The van der Waals surface area contributed by atoms with Gasteiger partial charge in [0.05, 0.1) is 4.90 Å². The first-order valence-corrected chi connectivity index (χ1v) is 10.6. The summed E-state index contributed by atoms with van der Waals surface area (Å²) in [4.78, 5) is 23.8. The van der Waals surface area contributed by atoms with E-state index in [4.69, 9.17) is 5.14 Å². The normalized spacial score (nSPS) is 11.0. The number of carbonyl (C=O) groups is 2. The predicted molar refractivity (Wildman–Crippen MR) is 107 cm³/mol. The zero-order valence-corrected chi connectivity index (χ0v) is 16.4. The number of primary sulfonamides is 1. The number of unbranched alkanes of at least 4 members (excludes halogenated alkanes) is 2. The summed E-state index contributed by atoms with van der Waals surface area (Å²) in [5, 5.41) is 10.7. The molecular weight excluding hydrogens is 378 g/mol. The molecule has 0 aliphatic carbocycles. The Bertz CT molecular complexity index is 881. The van der Waals surface area contributed by atoms with E-state index in [1.165, 1.54) is 12.1 Å². The van der Waals surface area contributed by atoms with Gasteiger partial charge in [0, 0.05) is 25.1 Å². The zero-order chi connectivity index (χ0) is 20.4. The van der Waals surface area contributed by atoms with Gasteiger partial charge < -0.3 is 10.6 Å². The molecule has 0 aliphatic heterocycles. The molecule has 0 atom stereocenters. The van der Waals surface area contributed by atoms with Crippen LogP contribution in [-0.2, 0) is 21.4 Å². The Kier molecular flexibility index (Phi) is 8.16. The number of amides is 2. The lowest BCUT2D eigenvalue weighted by Crippen LogP contribution is -2.24. The van der Waals surface area contributed by atoms with E-state index < -0.39 is 10.0 Å². The number of carbonyl (C=O) groups excluding carboxylic acids is 2. The minimum atomic E-state index is -3.71. The Balaban J connectivity index is 1.57. The van der Waals surface area contributed by atoms with E-state index >= 15 is 0 Å². The van der Waals surface area contributed by atoms with Crippen LogP contribution in [0.4, 0.5) is 0 Å². The van der Waals surface area contributed by atoms with Crippen molar-refractivity contribution in [1.82, 2.24) is 10.6 Å². The van der Waals surface area contributed by atoms with Gasteiger partial charge >= 0.3 is 0 Å². The largest absolute Gasteiger partial charge is 0.352 e. The van der Waals surface area contributed by atoms with Crippen molar-refractivity contribution >= 4 is 21.8 Å². The summed E-state index contributed by atoms with van der Waals surface area (Å²) in [6.07, 6.45) is 2.78. The summed E-state index contributed by atoms with van der Waals surface area (Å²) in [6.45, 7) is 0.905. The first-order chi connectivity index (χ1) is 13.4. The van der Waals surface area contributed by atoms with E-state index in [0.717, 1.165) is 24.8 Å². The number of benzene rings is 2. The second-order valence-electron chi connectivity index (χ2n) is 6.40. The van der Waals surface area contributed by atoms with Crippen LogP contribution in [0.3, 0.4) is 0 Å². The number of hydrogen-bond acceptors (Lipinski definition) is 4. The maximum atomic E-state index is 11.9. The van der Waals surface area contributed by atoms with Crippen LogP contribution < -0.4 is 15.8 Å². The predicted octanol–water partition coefficient (Wildman–Crippen LogP) is 1.94. The topological polar surface area (TPSA) is 118 Å². The summed E-state index contributed by atoms with van der Waals surface area (Å²) >= 11 is 0. The lowest BCUT2D eigenvalue weighted by molar-refractivity contribution is -0.121. The van der Waals surface area contributed by atoms with Crippen LogP contribution in [0.15, 0.2) is 59.5 Å². The lowest BCUT2D eigenvalue weighted by atomic mass is 10.1. The molecule has 0 heterocycles. The van der Waals surface area contributed by atoms with Crippen LogP contribution in [0.25, 0.3) is 0 Å². The van der Waals surface area contributed by atoms with Gasteiger partial charge in [-0.05, 0) is 42.7 Å². The van der Waals surface area contributed by atoms with Crippen molar-refractivity contribution in [2.75, 3.05) is 6.54 Å². The molecule has 2 aromatic carbocycles. The SMILES string of the molecule is NS(=O)(=O)c1ccc(CNC(=O)CCCCCNC(=O)c2ccccc2)cc1. The van der Waals surface area contributed by atoms with Gasteiger partial charge in [-0.1, -0.05) is 36.8 Å². The molecule has 2 rings (SSSR count). The molecule has 2 aromatic rings. The van der Waals surface area contributed by atoms with Gasteiger partial charge in [0.25, 0.3) is 5.91 Å². The summed E-state index contributed by atoms with van der Waals surface area (Å²) < 4.78 is 22.4. The standard InChI is InChI=1S/C20H25N3O4S/c21-28(26,27)18-12-10-16(11-13-18)15-23-19(24)9-5-2-6-14-22-20(25)17-7-3-1-4-8-17/h1,3-4,7-8,10-13H,2,5-6,9,14-15H2,(H,22,25)(H,23,24)(H2,21,26,27). The average Bonchev–Trinajstić information content (AvgIpc) is 2.69. The van der Waals surface area contributed by atoms with E-state index in [2.05, 4.69) is 10.6 Å². The molecular formula is C20H25N3O4S. The third-order valence-electron chi connectivity index (χ3n) is 4.14. The molecule has 0 aliphatic rings. The number of nitrogens with two attached hydrogens (primary N) is 1. The third kappa shape index (κ3) is 7.50. The second kappa shape index (κ2) is 10.6. The molecule has 0 aromatic heterocycles. The van der Waals surface area contributed by atoms with Gasteiger partial charge in [-0.3, -0.25) is 9.59 Å². The average molecular weight is 404 g/mol. The molecule has 0 saturated heterocycles. The highest BCUT2D eigenvalue weighted by Gasteiger charge is 2.07. The van der Waals surface area contributed by atoms with E-state index in [1.54, 1.807) is 24.3 Å². The Hall–Kier alpha value is -2.71. The van der Waals surface area contributed by atoms with Crippen molar-refractivity contribution in [3.8, 4) is 0 Å². The summed E-state index contributed by atoms with van der Waals surface area (Å²) in [5.74, 6) is -0.157. The molecule has 28 heavy (non-hydrogen) atoms. The van der Waals surface area contributed by atoms with Crippen LogP contribution in [0.5, 0.6) is 0 Å². The maximum absolute atomic E-state index is 11.9. The quantitative estimate of drug-likeness (QED) is 0.525. The Labute approximate surface area is 165 Å². The van der Waals surface area contributed by atoms with Gasteiger partial charge in [0.1, 0.15) is 0 Å². The molecule has 2 amide bonds. The van der Waals surface area contributed by atoms with E-state index in [9.17, 15) is 18.0 Å².